The largest absolute Gasteiger partial charge is 0.445 e. The van der Waals surface area contributed by atoms with Crippen molar-refractivity contribution in [2.24, 2.45) is 0 Å². The number of nitrogens with two attached hydrogens (primary N) is 1. The summed E-state index contributed by atoms with van der Waals surface area (Å²) in [5, 5.41) is 8.94. The molecule has 0 bridgehead atoms. The summed E-state index contributed by atoms with van der Waals surface area (Å²) in [4.78, 5) is 38.5. The minimum absolute atomic E-state index is 0.0925. The van der Waals surface area contributed by atoms with Gasteiger partial charge in [-0.05, 0) is 73.1 Å². The number of nitrogens with zero attached hydrogens (tertiary/aromatic N) is 1. The number of alkyl carbamates (subject to hydrolysis) is 1. The Morgan fingerprint density at radius 3 is 2.51 bits per heavy atom. The fourth-order valence-electron chi connectivity index (χ4n) is 4.33. The molecule has 208 valence electrons. The second-order valence-corrected chi connectivity index (χ2v) is 9.53. The normalized spacial score (nSPS) is 10.7. The van der Waals surface area contributed by atoms with Crippen molar-refractivity contribution in [2.45, 2.75) is 64.9 Å². The Labute approximate surface area is 229 Å². The molecule has 0 atom stereocenters. The molecule has 9 nitrogen and oxygen atoms in total. The standard InChI is InChI=1S/C30H39N5O4/c1-2-3-5-10-24-18-26-23(11-8-12-27(26)35-29(24)31)9-6-4-7-17-33-30(38)39-20-22-13-15-25(16-14-22)34-28(37)19-32-21-36/h8,11-16,18,21H,2-7,9-10,17,19-20H2,1H3,(H2,31,35)(H,32,36)(H,33,38)(H,34,37). The molecule has 0 aliphatic carbocycles. The van der Waals surface area contributed by atoms with E-state index in [0.717, 1.165) is 55.2 Å². The van der Waals surface area contributed by atoms with Crippen molar-refractivity contribution >= 4 is 40.8 Å². The van der Waals surface area contributed by atoms with Gasteiger partial charge in [0.2, 0.25) is 12.3 Å². The zero-order chi connectivity index (χ0) is 27.9. The highest BCUT2D eigenvalue weighted by molar-refractivity contribution is 5.93. The monoisotopic (exact) mass is 533 g/mol. The molecular weight excluding hydrogens is 494 g/mol. The Balaban J connectivity index is 1.35. The number of nitrogen functional groups attached to an aromatic ring is 1. The number of benzene rings is 2. The maximum Gasteiger partial charge on any atom is 0.407 e. The molecule has 0 aliphatic heterocycles. The number of amides is 3. The molecule has 0 radical (unpaired) electrons. The molecule has 0 saturated heterocycles. The molecule has 0 saturated carbocycles. The van der Waals surface area contributed by atoms with Crippen LogP contribution in [0.25, 0.3) is 10.9 Å². The Hall–Kier alpha value is -4.14. The average Bonchev–Trinajstić information content (AvgIpc) is 2.94. The highest BCUT2D eigenvalue weighted by Gasteiger charge is 2.08. The number of hydrogen-bond donors (Lipinski definition) is 4. The van der Waals surface area contributed by atoms with Crippen LogP contribution in [0.2, 0.25) is 0 Å². The van der Waals surface area contributed by atoms with E-state index in [9.17, 15) is 14.4 Å². The second kappa shape index (κ2) is 16.0. The predicted molar refractivity (Wildman–Crippen MR) is 154 cm³/mol. The van der Waals surface area contributed by atoms with Crippen LogP contribution in [-0.4, -0.2) is 36.5 Å². The summed E-state index contributed by atoms with van der Waals surface area (Å²) in [6, 6.07) is 15.4. The third-order valence-corrected chi connectivity index (χ3v) is 6.46. The zero-order valence-electron chi connectivity index (χ0n) is 22.6. The lowest BCUT2D eigenvalue weighted by molar-refractivity contribution is -0.118. The lowest BCUT2D eigenvalue weighted by atomic mass is 9.99. The summed E-state index contributed by atoms with van der Waals surface area (Å²) in [5.41, 5.74) is 11.0. The van der Waals surface area contributed by atoms with Gasteiger partial charge in [0.05, 0.1) is 12.1 Å². The number of unbranched alkanes of at least 4 members (excludes halogenated alkanes) is 4. The first-order chi connectivity index (χ1) is 19.0. The number of aromatic nitrogens is 1. The van der Waals surface area contributed by atoms with E-state index in [4.69, 9.17) is 10.5 Å². The summed E-state index contributed by atoms with van der Waals surface area (Å²) in [7, 11) is 0. The van der Waals surface area contributed by atoms with Gasteiger partial charge in [0, 0.05) is 17.6 Å². The van der Waals surface area contributed by atoms with Gasteiger partial charge in [0.1, 0.15) is 12.4 Å². The van der Waals surface area contributed by atoms with E-state index in [0.29, 0.717) is 24.5 Å². The van der Waals surface area contributed by atoms with Crippen LogP contribution in [0, 0.1) is 0 Å². The number of nitrogens with one attached hydrogen (secondary N) is 3. The molecular formula is C30H39N5O4. The van der Waals surface area contributed by atoms with Crippen molar-refractivity contribution in [1.29, 1.82) is 0 Å². The van der Waals surface area contributed by atoms with E-state index in [1.54, 1.807) is 24.3 Å². The molecule has 2 aromatic carbocycles. The van der Waals surface area contributed by atoms with E-state index < -0.39 is 6.09 Å². The first-order valence-corrected chi connectivity index (χ1v) is 13.6. The van der Waals surface area contributed by atoms with E-state index >= 15 is 0 Å². The molecule has 0 unspecified atom stereocenters. The first kappa shape index (κ1) is 29.4. The van der Waals surface area contributed by atoms with Crippen LogP contribution in [0.5, 0.6) is 0 Å². The number of fused-ring (bicyclic) bond motifs is 1. The van der Waals surface area contributed by atoms with Crippen LogP contribution in [0.15, 0.2) is 48.5 Å². The van der Waals surface area contributed by atoms with Crippen LogP contribution < -0.4 is 21.7 Å². The highest BCUT2D eigenvalue weighted by Crippen LogP contribution is 2.25. The maximum absolute atomic E-state index is 12.0. The number of aryl methyl sites for hydroxylation is 2. The zero-order valence-corrected chi connectivity index (χ0v) is 22.6. The number of anilines is 2. The number of pyridine rings is 1. The predicted octanol–water partition coefficient (Wildman–Crippen LogP) is 4.87. The number of ether oxygens (including phenoxy) is 1. The lowest BCUT2D eigenvalue weighted by Gasteiger charge is -2.11. The summed E-state index contributed by atoms with van der Waals surface area (Å²) < 4.78 is 5.28. The molecule has 0 spiro atoms. The summed E-state index contributed by atoms with van der Waals surface area (Å²) in [6.07, 6.45) is 8.28. The fourth-order valence-corrected chi connectivity index (χ4v) is 4.33. The van der Waals surface area contributed by atoms with E-state index in [1.165, 1.54) is 23.8 Å². The Morgan fingerprint density at radius 1 is 0.974 bits per heavy atom. The van der Waals surface area contributed by atoms with Crippen molar-refractivity contribution in [3.63, 3.8) is 0 Å². The molecule has 1 heterocycles. The minimum atomic E-state index is -0.458. The van der Waals surface area contributed by atoms with E-state index in [2.05, 4.69) is 40.0 Å². The van der Waals surface area contributed by atoms with Crippen molar-refractivity contribution in [3.05, 3.63) is 65.2 Å². The molecule has 3 aromatic rings. The maximum atomic E-state index is 12.0. The molecule has 0 aliphatic rings. The summed E-state index contributed by atoms with van der Waals surface area (Å²) in [5.74, 6) is 0.316. The van der Waals surface area contributed by atoms with Gasteiger partial charge in [-0.1, -0.05) is 50.5 Å². The number of hydrogen-bond acceptors (Lipinski definition) is 6. The van der Waals surface area contributed by atoms with Crippen molar-refractivity contribution in [2.75, 3.05) is 24.1 Å². The quantitative estimate of drug-likeness (QED) is 0.153. The Kier molecular flexibility index (Phi) is 12.0. The molecule has 3 amide bonds. The SMILES string of the molecule is CCCCCc1cc2c(CCCCCNC(=O)OCc3ccc(NC(=O)CNC=O)cc3)cccc2nc1N. The fraction of sp³-hybridized carbons (Fsp3) is 0.400. The Morgan fingerprint density at radius 2 is 1.74 bits per heavy atom. The lowest BCUT2D eigenvalue weighted by Crippen LogP contribution is -2.26. The second-order valence-electron chi connectivity index (χ2n) is 9.53. The van der Waals surface area contributed by atoms with Crippen molar-refractivity contribution in [1.82, 2.24) is 15.6 Å². The smallest absolute Gasteiger partial charge is 0.407 e. The average molecular weight is 534 g/mol. The van der Waals surface area contributed by atoms with Crippen LogP contribution in [-0.2, 0) is 33.8 Å². The van der Waals surface area contributed by atoms with Gasteiger partial charge >= 0.3 is 6.09 Å². The molecule has 0 fully saturated rings. The number of rotatable bonds is 16. The minimum Gasteiger partial charge on any atom is -0.445 e. The van der Waals surface area contributed by atoms with Gasteiger partial charge in [0.25, 0.3) is 0 Å². The third kappa shape index (κ3) is 9.92. The van der Waals surface area contributed by atoms with Gasteiger partial charge in [-0.15, -0.1) is 0 Å². The number of carbonyl (C=O) groups excluding carboxylic acids is 3. The first-order valence-electron chi connectivity index (χ1n) is 13.6. The van der Waals surface area contributed by atoms with Crippen LogP contribution in [0.3, 0.4) is 0 Å². The molecule has 5 N–H and O–H groups in total. The van der Waals surface area contributed by atoms with Gasteiger partial charge in [-0.2, -0.15) is 0 Å². The van der Waals surface area contributed by atoms with E-state index in [-0.39, 0.29) is 19.1 Å². The highest BCUT2D eigenvalue weighted by atomic mass is 16.5. The van der Waals surface area contributed by atoms with Crippen molar-refractivity contribution < 1.29 is 19.1 Å². The van der Waals surface area contributed by atoms with Crippen LogP contribution in [0.1, 0.15) is 62.1 Å². The van der Waals surface area contributed by atoms with Gasteiger partial charge in [0.15, 0.2) is 0 Å². The molecule has 9 heteroatoms. The molecule has 1 aromatic heterocycles. The van der Waals surface area contributed by atoms with Gasteiger partial charge in [-0.25, -0.2) is 9.78 Å². The summed E-state index contributed by atoms with van der Waals surface area (Å²) in [6.45, 7) is 2.79. The number of carbonyl (C=O) groups is 3. The summed E-state index contributed by atoms with van der Waals surface area (Å²) >= 11 is 0. The topological polar surface area (TPSA) is 135 Å². The van der Waals surface area contributed by atoms with Crippen LogP contribution in [0.4, 0.5) is 16.3 Å². The van der Waals surface area contributed by atoms with Crippen LogP contribution >= 0.6 is 0 Å². The van der Waals surface area contributed by atoms with Gasteiger partial charge in [-0.3, -0.25) is 9.59 Å². The molecule has 3 rings (SSSR count). The molecule has 39 heavy (non-hydrogen) atoms. The third-order valence-electron chi connectivity index (χ3n) is 6.46. The van der Waals surface area contributed by atoms with Crippen molar-refractivity contribution in [3.8, 4) is 0 Å². The van der Waals surface area contributed by atoms with E-state index in [1.807, 2.05) is 12.1 Å². The van der Waals surface area contributed by atoms with Gasteiger partial charge < -0.3 is 26.4 Å². The Bertz CT molecular complexity index is 1230.